The smallest absolute Gasteiger partial charge is 0.0948 e. The first-order valence-corrected chi connectivity index (χ1v) is 7.29. The standard InChI is InChI=1S/C14H26N4/c1-3-8-18-12-16-11-14(18)10-15-7-9-17(4-2)13-5-6-13/h11-13,15H,3-10H2,1-2H3. The Labute approximate surface area is 110 Å². The molecule has 0 amide bonds. The summed E-state index contributed by atoms with van der Waals surface area (Å²) in [4.78, 5) is 6.80. The number of hydrogen-bond acceptors (Lipinski definition) is 3. The summed E-state index contributed by atoms with van der Waals surface area (Å²) in [5.74, 6) is 0. The van der Waals surface area contributed by atoms with Crippen LogP contribution in [0.3, 0.4) is 0 Å². The quantitative estimate of drug-likeness (QED) is 0.679. The molecule has 0 aliphatic heterocycles. The summed E-state index contributed by atoms with van der Waals surface area (Å²) in [6, 6.07) is 0.877. The number of aryl methyl sites for hydroxylation is 1. The van der Waals surface area contributed by atoms with Gasteiger partial charge in [0.1, 0.15) is 0 Å². The lowest BCUT2D eigenvalue weighted by atomic mass is 10.4. The van der Waals surface area contributed by atoms with Crippen molar-refractivity contribution in [1.82, 2.24) is 19.8 Å². The van der Waals surface area contributed by atoms with Crippen molar-refractivity contribution < 1.29 is 0 Å². The third-order valence-electron chi connectivity index (χ3n) is 3.61. The van der Waals surface area contributed by atoms with Gasteiger partial charge in [-0.1, -0.05) is 13.8 Å². The lowest BCUT2D eigenvalue weighted by molar-refractivity contribution is 0.276. The fraction of sp³-hybridized carbons (Fsp3) is 0.786. The molecule has 1 aromatic rings. The third-order valence-corrected chi connectivity index (χ3v) is 3.61. The molecular formula is C14H26N4. The van der Waals surface area contributed by atoms with Crippen molar-refractivity contribution in [3.05, 3.63) is 18.2 Å². The van der Waals surface area contributed by atoms with Crippen LogP contribution in [0.25, 0.3) is 0 Å². The van der Waals surface area contributed by atoms with Crippen LogP contribution in [0.4, 0.5) is 0 Å². The molecule has 0 bridgehead atoms. The fourth-order valence-corrected chi connectivity index (χ4v) is 2.42. The molecule has 0 atom stereocenters. The van der Waals surface area contributed by atoms with Gasteiger partial charge in [-0.2, -0.15) is 0 Å². The predicted octanol–water partition coefficient (Wildman–Crippen LogP) is 1.87. The highest BCUT2D eigenvalue weighted by atomic mass is 15.2. The van der Waals surface area contributed by atoms with Gasteiger partial charge in [0.15, 0.2) is 0 Å². The second kappa shape index (κ2) is 6.90. The van der Waals surface area contributed by atoms with Crippen LogP contribution in [0.15, 0.2) is 12.5 Å². The van der Waals surface area contributed by atoms with Gasteiger partial charge < -0.3 is 9.88 Å². The van der Waals surface area contributed by atoms with Gasteiger partial charge in [0, 0.05) is 38.4 Å². The van der Waals surface area contributed by atoms with Crippen molar-refractivity contribution in [2.75, 3.05) is 19.6 Å². The Morgan fingerprint density at radius 1 is 1.44 bits per heavy atom. The van der Waals surface area contributed by atoms with Crippen molar-refractivity contribution >= 4 is 0 Å². The summed E-state index contributed by atoms with van der Waals surface area (Å²) in [6.45, 7) is 9.88. The van der Waals surface area contributed by atoms with Crippen LogP contribution in [0, 0.1) is 0 Å². The van der Waals surface area contributed by atoms with Crippen LogP contribution < -0.4 is 5.32 Å². The monoisotopic (exact) mass is 250 g/mol. The van der Waals surface area contributed by atoms with Gasteiger partial charge in [-0.15, -0.1) is 0 Å². The molecule has 1 aliphatic carbocycles. The van der Waals surface area contributed by atoms with Crippen molar-refractivity contribution in [3.8, 4) is 0 Å². The molecule has 4 heteroatoms. The van der Waals surface area contributed by atoms with Gasteiger partial charge in [-0.3, -0.25) is 4.90 Å². The van der Waals surface area contributed by atoms with Gasteiger partial charge in [-0.05, 0) is 25.8 Å². The van der Waals surface area contributed by atoms with Crippen LogP contribution in [0.1, 0.15) is 38.8 Å². The fourth-order valence-electron chi connectivity index (χ4n) is 2.42. The molecule has 1 heterocycles. The van der Waals surface area contributed by atoms with Crippen molar-refractivity contribution in [2.24, 2.45) is 0 Å². The van der Waals surface area contributed by atoms with E-state index in [0.29, 0.717) is 0 Å². The zero-order chi connectivity index (χ0) is 12.8. The zero-order valence-electron chi connectivity index (χ0n) is 11.7. The normalized spacial score (nSPS) is 15.5. The number of rotatable bonds is 9. The number of aromatic nitrogens is 2. The number of nitrogens with one attached hydrogen (secondary N) is 1. The van der Waals surface area contributed by atoms with Gasteiger partial charge in [-0.25, -0.2) is 4.98 Å². The highest BCUT2D eigenvalue weighted by molar-refractivity contribution is 4.97. The first-order chi connectivity index (χ1) is 8.85. The highest BCUT2D eigenvalue weighted by Gasteiger charge is 2.26. The molecule has 4 nitrogen and oxygen atoms in total. The molecule has 1 aliphatic rings. The lowest BCUT2D eigenvalue weighted by Crippen LogP contribution is -2.33. The SMILES string of the molecule is CCCn1cncc1CNCCN(CC)C1CC1. The Morgan fingerprint density at radius 2 is 2.28 bits per heavy atom. The van der Waals surface area contributed by atoms with Gasteiger partial charge >= 0.3 is 0 Å². The Bertz CT molecular complexity index is 343. The second-order valence-electron chi connectivity index (χ2n) is 5.11. The van der Waals surface area contributed by atoms with E-state index in [2.05, 4.69) is 33.6 Å². The average molecular weight is 250 g/mol. The minimum atomic E-state index is 0.877. The minimum absolute atomic E-state index is 0.877. The highest BCUT2D eigenvalue weighted by Crippen LogP contribution is 2.25. The van der Waals surface area contributed by atoms with Crippen LogP contribution in [-0.2, 0) is 13.1 Å². The van der Waals surface area contributed by atoms with Gasteiger partial charge in [0.05, 0.1) is 12.0 Å². The number of nitrogens with zero attached hydrogens (tertiary/aromatic N) is 3. The minimum Gasteiger partial charge on any atom is -0.333 e. The van der Waals surface area contributed by atoms with E-state index in [1.807, 2.05) is 12.5 Å². The van der Waals surface area contributed by atoms with Crippen LogP contribution >= 0.6 is 0 Å². The zero-order valence-corrected chi connectivity index (χ0v) is 11.7. The van der Waals surface area contributed by atoms with Crippen LogP contribution in [0.5, 0.6) is 0 Å². The van der Waals surface area contributed by atoms with E-state index in [0.717, 1.165) is 32.1 Å². The average Bonchev–Trinajstić information content (AvgIpc) is 3.12. The molecule has 1 aromatic heterocycles. The largest absolute Gasteiger partial charge is 0.333 e. The van der Waals surface area contributed by atoms with Crippen LogP contribution in [0.2, 0.25) is 0 Å². The molecule has 18 heavy (non-hydrogen) atoms. The molecule has 102 valence electrons. The molecule has 0 aromatic carbocycles. The van der Waals surface area contributed by atoms with E-state index >= 15 is 0 Å². The number of hydrogen-bond donors (Lipinski definition) is 1. The molecule has 1 N–H and O–H groups in total. The molecule has 1 saturated carbocycles. The number of imidazole rings is 1. The summed E-state index contributed by atoms with van der Waals surface area (Å²) in [5, 5.41) is 3.53. The van der Waals surface area contributed by atoms with E-state index in [1.54, 1.807) is 0 Å². The van der Waals surface area contributed by atoms with E-state index in [1.165, 1.54) is 31.6 Å². The Hall–Kier alpha value is -0.870. The molecule has 2 rings (SSSR count). The van der Waals surface area contributed by atoms with Gasteiger partial charge in [0.2, 0.25) is 0 Å². The summed E-state index contributed by atoms with van der Waals surface area (Å²) < 4.78 is 2.24. The van der Waals surface area contributed by atoms with Crippen molar-refractivity contribution in [2.45, 2.75) is 52.2 Å². The maximum atomic E-state index is 4.22. The van der Waals surface area contributed by atoms with E-state index in [9.17, 15) is 0 Å². The van der Waals surface area contributed by atoms with Crippen molar-refractivity contribution in [3.63, 3.8) is 0 Å². The first kappa shape index (κ1) is 13.6. The van der Waals surface area contributed by atoms with E-state index in [-0.39, 0.29) is 0 Å². The maximum Gasteiger partial charge on any atom is 0.0948 e. The predicted molar refractivity (Wildman–Crippen MR) is 74.5 cm³/mol. The van der Waals surface area contributed by atoms with E-state index < -0.39 is 0 Å². The molecule has 0 saturated heterocycles. The molecule has 0 unspecified atom stereocenters. The Kier molecular flexibility index (Phi) is 5.20. The van der Waals surface area contributed by atoms with E-state index in [4.69, 9.17) is 0 Å². The summed E-state index contributed by atoms with van der Waals surface area (Å²) in [7, 11) is 0. The molecule has 0 spiro atoms. The Balaban J connectivity index is 1.66. The topological polar surface area (TPSA) is 33.1 Å². The summed E-state index contributed by atoms with van der Waals surface area (Å²) >= 11 is 0. The summed E-state index contributed by atoms with van der Waals surface area (Å²) in [6.07, 6.45) is 7.87. The maximum absolute atomic E-state index is 4.22. The second-order valence-corrected chi connectivity index (χ2v) is 5.11. The number of likely N-dealkylation sites (N-methyl/N-ethyl adjacent to an activating group) is 1. The molecule has 0 radical (unpaired) electrons. The Morgan fingerprint density at radius 3 is 2.94 bits per heavy atom. The van der Waals surface area contributed by atoms with Crippen molar-refractivity contribution in [1.29, 1.82) is 0 Å². The summed E-state index contributed by atoms with van der Waals surface area (Å²) in [5.41, 5.74) is 1.30. The third kappa shape index (κ3) is 3.82. The molecular weight excluding hydrogens is 224 g/mol. The van der Waals surface area contributed by atoms with Crippen LogP contribution in [-0.4, -0.2) is 40.1 Å². The first-order valence-electron chi connectivity index (χ1n) is 7.29. The molecule has 1 fully saturated rings. The van der Waals surface area contributed by atoms with Gasteiger partial charge in [0.25, 0.3) is 0 Å². The lowest BCUT2D eigenvalue weighted by Gasteiger charge is -2.19.